The molecule has 1 aromatic carbocycles. The third-order valence-electron chi connectivity index (χ3n) is 6.04. The summed E-state index contributed by atoms with van der Waals surface area (Å²) in [5, 5.41) is 14.6. The lowest BCUT2D eigenvalue weighted by molar-refractivity contribution is -0.00544. The zero-order valence-electron chi connectivity index (χ0n) is 18.7. The number of hydrogen-bond acceptors (Lipinski definition) is 6. The topological polar surface area (TPSA) is 63.2 Å². The minimum atomic E-state index is 0.116. The van der Waals surface area contributed by atoms with Gasteiger partial charge >= 0.3 is 0 Å². The van der Waals surface area contributed by atoms with E-state index in [1.807, 2.05) is 13.1 Å². The van der Waals surface area contributed by atoms with Gasteiger partial charge in [-0.2, -0.15) is 5.10 Å². The highest BCUT2D eigenvalue weighted by atomic mass is 16.5. The molecule has 2 aromatic heterocycles. The predicted octanol–water partition coefficient (Wildman–Crippen LogP) is 4.74. The van der Waals surface area contributed by atoms with Crippen LogP contribution in [0.2, 0.25) is 0 Å². The minimum absolute atomic E-state index is 0.116. The summed E-state index contributed by atoms with van der Waals surface area (Å²) in [5.41, 5.74) is 4.76. The van der Waals surface area contributed by atoms with Crippen molar-refractivity contribution in [3.63, 3.8) is 0 Å². The van der Waals surface area contributed by atoms with Gasteiger partial charge in [-0.3, -0.25) is 0 Å². The van der Waals surface area contributed by atoms with Crippen molar-refractivity contribution in [1.82, 2.24) is 15.2 Å². The molecule has 3 heterocycles. The van der Waals surface area contributed by atoms with Crippen molar-refractivity contribution in [2.75, 3.05) is 23.3 Å². The number of hydrogen-bond donors (Lipinski definition) is 1. The first-order valence-corrected chi connectivity index (χ1v) is 10.7. The number of benzene rings is 1. The van der Waals surface area contributed by atoms with Gasteiger partial charge in [0.1, 0.15) is 5.82 Å². The quantitative estimate of drug-likeness (QED) is 0.677. The number of nitrogens with one attached hydrogen (secondary N) is 1. The lowest BCUT2D eigenvalue weighted by atomic mass is 9.98. The fraction of sp³-hybridized carbons (Fsp3) is 0.458. The zero-order chi connectivity index (χ0) is 21.4. The second-order valence-corrected chi connectivity index (χ2v) is 8.54. The van der Waals surface area contributed by atoms with Gasteiger partial charge in [0.15, 0.2) is 5.82 Å². The Morgan fingerprint density at radius 3 is 2.53 bits per heavy atom. The normalized spacial score (nSPS) is 20.4. The average Bonchev–Trinajstić information content (AvgIpc) is 2.71. The summed E-state index contributed by atoms with van der Waals surface area (Å²) >= 11 is 0. The monoisotopic (exact) mass is 405 g/mol. The molecule has 0 spiro atoms. The first kappa shape index (κ1) is 20.5. The highest BCUT2D eigenvalue weighted by Crippen LogP contribution is 2.30. The Morgan fingerprint density at radius 2 is 1.80 bits per heavy atom. The Balaban J connectivity index is 1.71. The number of pyridine rings is 1. The predicted molar refractivity (Wildman–Crippen MR) is 122 cm³/mol. The molecule has 1 saturated heterocycles. The van der Waals surface area contributed by atoms with Gasteiger partial charge in [0.25, 0.3) is 0 Å². The first-order valence-electron chi connectivity index (χ1n) is 10.7. The summed E-state index contributed by atoms with van der Waals surface area (Å²) in [4.78, 5) is 7.04. The second kappa shape index (κ2) is 8.19. The van der Waals surface area contributed by atoms with Crippen molar-refractivity contribution in [3.05, 3.63) is 52.8 Å². The minimum Gasteiger partial charge on any atom is -0.372 e. The van der Waals surface area contributed by atoms with Crippen molar-refractivity contribution in [2.45, 2.75) is 59.8 Å². The molecule has 1 N–H and O–H groups in total. The van der Waals surface area contributed by atoms with E-state index in [0.717, 1.165) is 41.2 Å². The smallest absolute Gasteiger partial charge is 0.157 e. The van der Waals surface area contributed by atoms with Crippen LogP contribution in [0.4, 0.5) is 11.6 Å². The molecule has 3 aromatic rings. The number of anilines is 2. The van der Waals surface area contributed by atoms with Gasteiger partial charge in [-0.25, -0.2) is 4.98 Å². The van der Waals surface area contributed by atoms with Crippen molar-refractivity contribution in [1.29, 1.82) is 0 Å². The van der Waals surface area contributed by atoms with E-state index in [1.54, 1.807) is 0 Å². The van der Waals surface area contributed by atoms with Crippen LogP contribution in [0.15, 0.2) is 30.5 Å². The molecule has 0 saturated carbocycles. The largest absolute Gasteiger partial charge is 0.372 e. The second-order valence-electron chi connectivity index (χ2n) is 8.54. The number of aryl methyl sites for hydroxylation is 2. The van der Waals surface area contributed by atoms with Crippen LogP contribution in [0.3, 0.4) is 0 Å². The molecule has 0 radical (unpaired) electrons. The van der Waals surface area contributed by atoms with Crippen molar-refractivity contribution >= 4 is 22.4 Å². The number of morpholine rings is 1. The van der Waals surface area contributed by atoms with E-state index in [0.29, 0.717) is 0 Å². The summed E-state index contributed by atoms with van der Waals surface area (Å²) in [6.45, 7) is 14.4. The number of ether oxygens (including phenoxy) is 1. The number of nitrogens with zero attached hydrogens (tertiary/aromatic N) is 4. The SMILES string of the molecule is Cc1cccc([C@@H](C)Nc2nnc(C)c3cnc(N4C[C@@H](C)O[C@H](C)C4)cc23)c1C. The Morgan fingerprint density at radius 1 is 1.07 bits per heavy atom. The third-order valence-corrected chi connectivity index (χ3v) is 6.04. The van der Waals surface area contributed by atoms with Gasteiger partial charge < -0.3 is 15.0 Å². The summed E-state index contributed by atoms with van der Waals surface area (Å²) in [5.74, 6) is 1.75. The number of fused-ring (bicyclic) bond motifs is 1. The van der Waals surface area contributed by atoms with Gasteiger partial charge in [0.2, 0.25) is 0 Å². The molecule has 30 heavy (non-hydrogen) atoms. The Bertz CT molecular complexity index is 1060. The molecule has 1 fully saturated rings. The van der Waals surface area contributed by atoms with E-state index in [4.69, 9.17) is 9.72 Å². The fourth-order valence-electron chi connectivity index (χ4n) is 4.33. The van der Waals surface area contributed by atoms with Crippen LogP contribution in [0.25, 0.3) is 10.8 Å². The lowest BCUT2D eigenvalue weighted by Gasteiger charge is -2.36. The van der Waals surface area contributed by atoms with E-state index >= 15 is 0 Å². The lowest BCUT2D eigenvalue weighted by Crippen LogP contribution is -2.45. The number of rotatable bonds is 4. The maximum Gasteiger partial charge on any atom is 0.157 e. The molecular weight excluding hydrogens is 374 g/mol. The van der Waals surface area contributed by atoms with Crippen LogP contribution in [0.5, 0.6) is 0 Å². The molecule has 0 amide bonds. The van der Waals surface area contributed by atoms with Crippen molar-refractivity contribution in [2.24, 2.45) is 0 Å². The van der Waals surface area contributed by atoms with E-state index in [1.165, 1.54) is 16.7 Å². The van der Waals surface area contributed by atoms with Gasteiger partial charge in [0, 0.05) is 30.1 Å². The van der Waals surface area contributed by atoms with E-state index in [-0.39, 0.29) is 18.2 Å². The maximum atomic E-state index is 5.89. The third kappa shape index (κ3) is 3.97. The Hall–Kier alpha value is -2.73. The van der Waals surface area contributed by atoms with Gasteiger partial charge in [-0.05, 0) is 64.3 Å². The summed E-state index contributed by atoms with van der Waals surface area (Å²) in [6.07, 6.45) is 2.30. The van der Waals surface area contributed by atoms with Crippen LogP contribution in [-0.4, -0.2) is 40.5 Å². The molecular formula is C24H31N5O. The molecule has 1 aliphatic rings. The zero-order valence-corrected chi connectivity index (χ0v) is 18.7. The van der Waals surface area contributed by atoms with Gasteiger partial charge in [-0.1, -0.05) is 18.2 Å². The Labute approximate surface area is 178 Å². The van der Waals surface area contributed by atoms with Crippen LogP contribution < -0.4 is 10.2 Å². The van der Waals surface area contributed by atoms with Crippen LogP contribution in [-0.2, 0) is 4.74 Å². The summed E-state index contributed by atoms with van der Waals surface area (Å²) < 4.78 is 5.89. The highest BCUT2D eigenvalue weighted by molar-refractivity contribution is 5.94. The van der Waals surface area contributed by atoms with Crippen LogP contribution in [0.1, 0.15) is 49.2 Å². The first-order chi connectivity index (χ1) is 14.3. The van der Waals surface area contributed by atoms with Gasteiger partial charge in [0.05, 0.1) is 23.9 Å². The molecule has 3 atom stereocenters. The molecule has 0 aliphatic carbocycles. The van der Waals surface area contributed by atoms with Crippen LogP contribution in [0, 0.1) is 20.8 Å². The molecule has 0 unspecified atom stereocenters. The summed E-state index contributed by atoms with van der Waals surface area (Å²) in [7, 11) is 0. The molecule has 6 heteroatoms. The van der Waals surface area contributed by atoms with Crippen molar-refractivity contribution in [3.8, 4) is 0 Å². The Kier molecular flexibility index (Phi) is 5.60. The summed E-state index contributed by atoms with van der Waals surface area (Å²) in [6, 6.07) is 8.69. The van der Waals surface area contributed by atoms with E-state index in [2.05, 4.69) is 79.3 Å². The maximum absolute atomic E-state index is 5.89. The number of aromatic nitrogens is 3. The highest BCUT2D eigenvalue weighted by Gasteiger charge is 2.24. The standard InChI is InChI=1S/C24H31N5O/c1-14-8-7-9-20(17(14)4)18(5)26-24-21-10-23(25-11-22(21)19(6)27-28-24)29-12-15(2)30-16(3)13-29/h7-11,15-16,18H,12-13H2,1-6H3,(H,26,28)/t15-,16-,18-/m1/s1. The van der Waals surface area contributed by atoms with Gasteiger partial charge in [-0.15, -0.1) is 5.10 Å². The van der Waals surface area contributed by atoms with E-state index < -0.39 is 0 Å². The molecule has 1 aliphatic heterocycles. The average molecular weight is 406 g/mol. The van der Waals surface area contributed by atoms with Crippen LogP contribution >= 0.6 is 0 Å². The molecule has 4 rings (SSSR count). The van der Waals surface area contributed by atoms with E-state index in [9.17, 15) is 0 Å². The molecule has 158 valence electrons. The van der Waals surface area contributed by atoms with Crippen molar-refractivity contribution < 1.29 is 4.74 Å². The fourth-order valence-corrected chi connectivity index (χ4v) is 4.33. The molecule has 0 bridgehead atoms. The molecule has 6 nitrogen and oxygen atoms in total.